The third kappa shape index (κ3) is 2.70. The van der Waals surface area contributed by atoms with Gasteiger partial charge in [0.1, 0.15) is 0 Å². The first-order valence-corrected chi connectivity index (χ1v) is 5.33. The Kier molecular flexibility index (Phi) is 2.78. The molecular weight excluding hydrogens is 160 g/mol. The number of rotatable bonds is 0. The van der Waals surface area contributed by atoms with Gasteiger partial charge in [0.15, 0.2) is 0 Å². The van der Waals surface area contributed by atoms with Crippen LogP contribution in [0.2, 0.25) is 0 Å². The minimum atomic E-state index is 0.306. The molecule has 1 aliphatic heterocycles. The first-order chi connectivity index (χ1) is 5.71. The van der Waals surface area contributed by atoms with Gasteiger partial charge in [-0.25, -0.2) is 0 Å². The minimum absolute atomic E-state index is 0.306. The van der Waals surface area contributed by atoms with E-state index in [-0.39, 0.29) is 0 Å². The van der Waals surface area contributed by atoms with Crippen molar-refractivity contribution < 1.29 is 4.74 Å². The number of hydrogen-bond donors (Lipinski definition) is 0. The van der Waals surface area contributed by atoms with Crippen molar-refractivity contribution in [2.24, 2.45) is 16.7 Å². The van der Waals surface area contributed by atoms with Crippen molar-refractivity contribution in [2.45, 2.75) is 54.1 Å². The summed E-state index contributed by atoms with van der Waals surface area (Å²) in [4.78, 5) is 0. The molecule has 0 amide bonds. The van der Waals surface area contributed by atoms with E-state index in [9.17, 15) is 0 Å². The van der Waals surface area contributed by atoms with Crippen LogP contribution < -0.4 is 0 Å². The monoisotopic (exact) mass is 184 g/mol. The maximum absolute atomic E-state index is 5.86. The largest absolute Gasteiger partial charge is 0.377 e. The van der Waals surface area contributed by atoms with Crippen LogP contribution in [-0.2, 0) is 4.74 Å². The van der Waals surface area contributed by atoms with E-state index in [0.717, 1.165) is 12.5 Å². The van der Waals surface area contributed by atoms with Gasteiger partial charge in [0.25, 0.3) is 0 Å². The van der Waals surface area contributed by atoms with E-state index in [4.69, 9.17) is 4.74 Å². The number of ether oxygens (including phenoxy) is 1. The average molecular weight is 184 g/mol. The molecule has 0 aliphatic carbocycles. The van der Waals surface area contributed by atoms with E-state index >= 15 is 0 Å². The summed E-state index contributed by atoms with van der Waals surface area (Å²) in [5, 5.41) is 0. The van der Waals surface area contributed by atoms with Crippen molar-refractivity contribution in [3.63, 3.8) is 0 Å². The first-order valence-electron chi connectivity index (χ1n) is 5.33. The molecule has 0 bridgehead atoms. The summed E-state index contributed by atoms with van der Waals surface area (Å²) in [5.41, 5.74) is 0.708. The molecule has 13 heavy (non-hydrogen) atoms. The quantitative estimate of drug-likeness (QED) is 0.560. The summed E-state index contributed by atoms with van der Waals surface area (Å²) in [6.45, 7) is 14.7. The van der Waals surface area contributed by atoms with Crippen molar-refractivity contribution in [2.75, 3.05) is 6.61 Å². The van der Waals surface area contributed by atoms with E-state index in [2.05, 4.69) is 41.5 Å². The van der Waals surface area contributed by atoms with Crippen LogP contribution in [0.3, 0.4) is 0 Å². The summed E-state index contributed by atoms with van der Waals surface area (Å²) in [6, 6.07) is 0. The molecule has 1 heteroatoms. The molecule has 1 saturated heterocycles. The van der Waals surface area contributed by atoms with Gasteiger partial charge in [-0.1, -0.05) is 41.5 Å². The van der Waals surface area contributed by atoms with Gasteiger partial charge in [-0.15, -0.1) is 0 Å². The topological polar surface area (TPSA) is 9.23 Å². The Balaban J connectivity index is 2.55. The summed E-state index contributed by atoms with van der Waals surface area (Å²) in [7, 11) is 0. The molecule has 78 valence electrons. The summed E-state index contributed by atoms with van der Waals surface area (Å²) in [6.07, 6.45) is 1.68. The Morgan fingerprint density at radius 3 is 1.69 bits per heavy atom. The van der Waals surface area contributed by atoms with Gasteiger partial charge in [-0.2, -0.15) is 0 Å². The van der Waals surface area contributed by atoms with E-state index < -0.39 is 0 Å². The molecule has 1 fully saturated rings. The molecule has 1 nitrogen and oxygen atoms in total. The lowest BCUT2D eigenvalue weighted by Crippen LogP contribution is -2.26. The van der Waals surface area contributed by atoms with Crippen LogP contribution in [0.5, 0.6) is 0 Å². The van der Waals surface area contributed by atoms with E-state index in [1.165, 1.54) is 6.42 Å². The van der Waals surface area contributed by atoms with Crippen LogP contribution in [-0.4, -0.2) is 12.7 Å². The lowest BCUT2D eigenvalue weighted by atomic mass is 9.76. The van der Waals surface area contributed by atoms with Gasteiger partial charge in [-0.05, 0) is 23.2 Å². The molecule has 0 aromatic carbocycles. The fourth-order valence-electron chi connectivity index (χ4n) is 1.83. The highest BCUT2D eigenvalue weighted by Crippen LogP contribution is 2.40. The van der Waals surface area contributed by atoms with Gasteiger partial charge in [0.2, 0.25) is 0 Å². The van der Waals surface area contributed by atoms with Gasteiger partial charge in [0, 0.05) is 0 Å². The molecule has 0 radical (unpaired) electrons. The Morgan fingerprint density at radius 1 is 0.923 bits per heavy atom. The van der Waals surface area contributed by atoms with Gasteiger partial charge < -0.3 is 4.74 Å². The molecule has 0 aromatic rings. The Bertz CT molecular complexity index is 151. The van der Waals surface area contributed by atoms with Crippen molar-refractivity contribution >= 4 is 0 Å². The molecule has 0 spiro atoms. The summed E-state index contributed by atoms with van der Waals surface area (Å²) >= 11 is 0. The van der Waals surface area contributed by atoms with Gasteiger partial charge in [0.05, 0.1) is 12.7 Å². The third-order valence-electron chi connectivity index (χ3n) is 3.19. The maximum Gasteiger partial charge on any atom is 0.0627 e. The van der Waals surface area contributed by atoms with Crippen molar-refractivity contribution in [3.05, 3.63) is 0 Å². The molecule has 1 heterocycles. The second-order valence-corrected chi connectivity index (χ2v) is 6.49. The lowest BCUT2D eigenvalue weighted by Gasteiger charge is -2.28. The normalized spacial score (nSPS) is 30.9. The molecule has 1 aliphatic rings. The molecule has 0 aromatic heterocycles. The van der Waals surface area contributed by atoms with Crippen LogP contribution in [0.25, 0.3) is 0 Å². The predicted octanol–water partition coefficient (Wildman–Crippen LogP) is 3.48. The molecule has 2 atom stereocenters. The zero-order valence-electron chi connectivity index (χ0n) is 9.98. The molecule has 2 unspecified atom stereocenters. The maximum atomic E-state index is 5.86. The Morgan fingerprint density at radius 2 is 1.46 bits per heavy atom. The standard InChI is InChI=1S/C12H24O/c1-11(2,3)9-7-10(13-8-9)12(4,5)6/h9-10H,7-8H2,1-6H3. The second-order valence-electron chi connectivity index (χ2n) is 6.49. The summed E-state index contributed by atoms with van der Waals surface area (Å²) in [5.74, 6) is 0.733. The zero-order valence-corrected chi connectivity index (χ0v) is 9.98. The lowest BCUT2D eigenvalue weighted by molar-refractivity contribution is 0.0258. The van der Waals surface area contributed by atoms with Crippen molar-refractivity contribution in [1.29, 1.82) is 0 Å². The first kappa shape index (κ1) is 11.0. The highest BCUT2D eigenvalue weighted by molar-refractivity contribution is 4.87. The van der Waals surface area contributed by atoms with Crippen LogP contribution in [0, 0.1) is 16.7 Å². The second kappa shape index (κ2) is 3.27. The van der Waals surface area contributed by atoms with Gasteiger partial charge >= 0.3 is 0 Å². The third-order valence-corrected chi connectivity index (χ3v) is 3.19. The molecule has 1 rings (SSSR count). The van der Waals surface area contributed by atoms with E-state index in [1.807, 2.05) is 0 Å². The average Bonchev–Trinajstić information content (AvgIpc) is 2.28. The Hall–Kier alpha value is -0.0400. The van der Waals surface area contributed by atoms with Crippen LogP contribution in [0.1, 0.15) is 48.0 Å². The molecule has 0 saturated carbocycles. The SMILES string of the molecule is CC(C)(C)C1COC(C(C)(C)C)C1. The highest BCUT2D eigenvalue weighted by atomic mass is 16.5. The Labute approximate surface area is 82.9 Å². The highest BCUT2D eigenvalue weighted by Gasteiger charge is 2.38. The fourth-order valence-corrected chi connectivity index (χ4v) is 1.83. The zero-order chi connectivity index (χ0) is 10.3. The van der Waals surface area contributed by atoms with Crippen molar-refractivity contribution in [3.8, 4) is 0 Å². The minimum Gasteiger partial charge on any atom is -0.377 e. The summed E-state index contributed by atoms with van der Waals surface area (Å²) < 4.78 is 5.86. The predicted molar refractivity (Wildman–Crippen MR) is 56.8 cm³/mol. The molecule has 0 N–H and O–H groups in total. The van der Waals surface area contributed by atoms with Crippen LogP contribution in [0.4, 0.5) is 0 Å². The van der Waals surface area contributed by atoms with Gasteiger partial charge in [-0.3, -0.25) is 0 Å². The molecular formula is C12H24O. The van der Waals surface area contributed by atoms with Crippen LogP contribution >= 0.6 is 0 Å². The van der Waals surface area contributed by atoms with E-state index in [0.29, 0.717) is 16.9 Å². The van der Waals surface area contributed by atoms with Crippen molar-refractivity contribution in [1.82, 2.24) is 0 Å². The number of hydrogen-bond acceptors (Lipinski definition) is 1. The fraction of sp³-hybridized carbons (Fsp3) is 1.00. The smallest absolute Gasteiger partial charge is 0.0627 e. The van der Waals surface area contributed by atoms with E-state index in [1.54, 1.807) is 0 Å². The van der Waals surface area contributed by atoms with Crippen LogP contribution in [0.15, 0.2) is 0 Å².